The minimum Gasteiger partial charge on any atom is -0.872 e. The van der Waals surface area contributed by atoms with E-state index in [1.54, 1.807) is 36.4 Å². The van der Waals surface area contributed by atoms with Crippen molar-refractivity contribution in [1.82, 2.24) is 0 Å². The molecule has 0 N–H and O–H groups in total. The van der Waals surface area contributed by atoms with E-state index in [0.717, 1.165) is 0 Å². The molecular weight excluding hydrogens is 251 g/mol. The van der Waals surface area contributed by atoms with Crippen LogP contribution in [0.15, 0.2) is 48.5 Å². The minimum atomic E-state index is -0.0292. The fourth-order valence-electron chi connectivity index (χ4n) is 1.15. The van der Waals surface area contributed by atoms with Gasteiger partial charge in [0.05, 0.1) is 0 Å². The Morgan fingerprint density at radius 3 is 1.75 bits per heavy atom. The van der Waals surface area contributed by atoms with Crippen LogP contribution in [0, 0.1) is 0 Å². The minimum absolute atomic E-state index is 0. The Morgan fingerprint density at radius 2 is 1.25 bits per heavy atom. The van der Waals surface area contributed by atoms with Crippen LogP contribution in [-0.4, -0.2) is 0 Å². The van der Waals surface area contributed by atoms with E-state index in [9.17, 15) is 5.11 Å². The summed E-state index contributed by atoms with van der Waals surface area (Å²) in [4.78, 5) is 0. The molecule has 2 aromatic carbocycles. The number of hydrogen-bond donors (Lipinski definition) is 0. The Morgan fingerprint density at radius 1 is 0.812 bits per heavy atom. The zero-order valence-corrected chi connectivity index (χ0v) is 12.7. The molecule has 0 aliphatic carbocycles. The molecule has 0 aliphatic heterocycles. The fourth-order valence-corrected chi connectivity index (χ4v) is 1.27. The van der Waals surface area contributed by atoms with Gasteiger partial charge >= 0.3 is 51.4 Å². The normalized spacial score (nSPS) is 9.31. The number of rotatable bonds is 2. The summed E-state index contributed by atoms with van der Waals surface area (Å²) >= 11 is 5.74. The molecule has 0 unspecified atom stereocenters. The first kappa shape index (κ1) is 14.0. The molecule has 2 nitrogen and oxygen atoms in total. The number of hydrogen-bond acceptors (Lipinski definition) is 2. The van der Waals surface area contributed by atoms with Crippen LogP contribution in [0.4, 0.5) is 0 Å². The first-order valence-electron chi connectivity index (χ1n) is 4.44. The van der Waals surface area contributed by atoms with Gasteiger partial charge in [0, 0.05) is 5.02 Å². The molecule has 0 heterocycles. The van der Waals surface area contributed by atoms with E-state index in [0.29, 0.717) is 16.5 Å². The van der Waals surface area contributed by atoms with Crippen molar-refractivity contribution in [1.29, 1.82) is 0 Å². The zero-order valence-electron chi connectivity index (χ0n) is 8.81. The molecule has 0 aromatic heterocycles. The molecule has 0 atom stereocenters. The Bertz CT molecular complexity index is 396. The Labute approximate surface area is 142 Å². The average molecular weight is 259 g/mol. The molecule has 0 saturated heterocycles. The van der Waals surface area contributed by atoms with Crippen molar-refractivity contribution < 1.29 is 61.2 Å². The molecule has 4 heteroatoms. The van der Waals surface area contributed by atoms with Crippen LogP contribution in [0.2, 0.25) is 5.02 Å². The van der Waals surface area contributed by atoms with Crippen molar-refractivity contribution in [3.05, 3.63) is 53.6 Å². The molecule has 0 fully saturated rings. The van der Waals surface area contributed by atoms with E-state index in [1.807, 2.05) is 0 Å². The van der Waals surface area contributed by atoms with E-state index in [2.05, 4.69) is 0 Å². The van der Waals surface area contributed by atoms with Gasteiger partial charge in [0.15, 0.2) is 0 Å². The van der Waals surface area contributed by atoms with Gasteiger partial charge in [0.25, 0.3) is 0 Å². The third-order valence-corrected chi connectivity index (χ3v) is 2.13. The second-order valence-corrected chi connectivity index (χ2v) is 3.46. The summed E-state index contributed by atoms with van der Waals surface area (Å²) in [6.07, 6.45) is 0. The second kappa shape index (κ2) is 6.64. The molecule has 2 aromatic rings. The van der Waals surface area contributed by atoms with Crippen molar-refractivity contribution in [2.45, 2.75) is 0 Å². The van der Waals surface area contributed by atoms with Crippen LogP contribution in [0.25, 0.3) is 0 Å². The van der Waals surface area contributed by atoms with Crippen LogP contribution in [0.3, 0.4) is 0 Å². The van der Waals surface area contributed by atoms with Gasteiger partial charge in [-0.05, 0) is 36.4 Å². The van der Waals surface area contributed by atoms with E-state index in [4.69, 9.17) is 16.3 Å². The van der Waals surface area contributed by atoms with Crippen molar-refractivity contribution >= 4 is 11.6 Å². The van der Waals surface area contributed by atoms with Crippen LogP contribution in [-0.2, 0) is 0 Å². The van der Waals surface area contributed by atoms with E-state index in [-0.39, 0.29) is 57.1 Å². The summed E-state index contributed by atoms with van der Waals surface area (Å²) in [5.41, 5.74) is 0. The van der Waals surface area contributed by atoms with Gasteiger partial charge in [-0.15, -0.1) is 5.75 Å². The van der Waals surface area contributed by atoms with Crippen molar-refractivity contribution in [2.75, 3.05) is 0 Å². The third-order valence-electron chi connectivity index (χ3n) is 1.87. The maximum Gasteiger partial charge on any atom is 1.00 e. The van der Waals surface area contributed by atoms with Gasteiger partial charge in [-0.1, -0.05) is 23.7 Å². The van der Waals surface area contributed by atoms with Crippen molar-refractivity contribution in [3.63, 3.8) is 0 Å². The SMILES string of the molecule is [K+].[O-]c1ccc(Oc2ccc(Cl)cc2)cc1. The molecular formula is C12H8ClKO2. The molecule has 16 heavy (non-hydrogen) atoms. The standard InChI is InChI=1S/C12H9ClO2.K/c13-9-1-5-11(6-2-9)15-12-7-3-10(14)4-8-12;/h1-8,14H;/q;+1/p-1. The molecule has 0 radical (unpaired) electrons. The average Bonchev–Trinajstić information content (AvgIpc) is 2.25. The summed E-state index contributed by atoms with van der Waals surface area (Å²) < 4.78 is 5.49. The van der Waals surface area contributed by atoms with Gasteiger partial charge in [0.1, 0.15) is 11.5 Å². The van der Waals surface area contributed by atoms with Crippen LogP contribution in [0.5, 0.6) is 17.2 Å². The maximum atomic E-state index is 10.8. The van der Waals surface area contributed by atoms with E-state index in [1.165, 1.54) is 12.1 Å². The summed E-state index contributed by atoms with van der Waals surface area (Å²) in [6.45, 7) is 0. The number of benzene rings is 2. The molecule has 0 saturated carbocycles. The number of halogens is 1. The van der Waals surface area contributed by atoms with Gasteiger partial charge in [-0.3, -0.25) is 0 Å². The maximum absolute atomic E-state index is 10.8. The van der Waals surface area contributed by atoms with Crippen LogP contribution in [0.1, 0.15) is 0 Å². The zero-order chi connectivity index (χ0) is 10.7. The van der Waals surface area contributed by atoms with E-state index < -0.39 is 0 Å². The number of ether oxygens (including phenoxy) is 1. The van der Waals surface area contributed by atoms with Gasteiger partial charge in [-0.25, -0.2) is 0 Å². The predicted molar refractivity (Wildman–Crippen MR) is 57.4 cm³/mol. The summed E-state index contributed by atoms with van der Waals surface area (Å²) in [6, 6.07) is 13.2. The quantitative estimate of drug-likeness (QED) is 0.722. The summed E-state index contributed by atoms with van der Waals surface area (Å²) in [5.74, 6) is 1.30. The molecule has 0 aliphatic rings. The Hall–Kier alpha value is -0.0336. The molecule has 0 spiro atoms. The Balaban J connectivity index is 0.00000128. The van der Waals surface area contributed by atoms with Gasteiger partial charge in [-0.2, -0.15) is 0 Å². The first-order valence-corrected chi connectivity index (χ1v) is 4.82. The van der Waals surface area contributed by atoms with Crippen molar-refractivity contribution in [3.8, 4) is 17.2 Å². The summed E-state index contributed by atoms with van der Waals surface area (Å²) in [5, 5.41) is 11.5. The largest absolute Gasteiger partial charge is 1.00 e. The topological polar surface area (TPSA) is 32.3 Å². The molecule has 2 rings (SSSR count). The Kier molecular flexibility index (Phi) is 5.82. The third kappa shape index (κ3) is 4.09. The first-order chi connectivity index (χ1) is 7.24. The molecule has 76 valence electrons. The van der Waals surface area contributed by atoms with Crippen molar-refractivity contribution in [2.24, 2.45) is 0 Å². The second-order valence-electron chi connectivity index (χ2n) is 3.03. The predicted octanol–water partition coefficient (Wildman–Crippen LogP) is 0.210. The summed E-state index contributed by atoms with van der Waals surface area (Å²) in [7, 11) is 0. The fraction of sp³-hybridized carbons (Fsp3) is 0. The van der Waals surface area contributed by atoms with Gasteiger partial charge in [0.2, 0.25) is 0 Å². The van der Waals surface area contributed by atoms with E-state index >= 15 is 0 Å². The van der Waals surface area contributed by atoms with Crippen LogP contribution < -0.4 is 61.2 Å². The molecule has 0 bridgehead atoms. The molecule has 0 amide bonds. The monoisotopic (exact) mass is 258 g/mol. The smallest absolute Gasteiger partial charge is 0.872 e. The van der Waals surface area contributed by atoms with Crippen LogP contribution >= 0.6 is 11.6 Å². The van der Waals surface area contributed by atoms with Gasteiger partial charge < -0.3 is 9.84 Å².